The summed E-state index contributed by atoms with van der Waals surface area (Å²) >= 11 is 0. The second kappa shape index (κ2) is 15.1. The normalized spacial score (nSPS) is 11.6. The lowest BCUT2D eigenvalue weighted by atomic mass is 10.0. The van der Waals surface area contributed by atoms with Crippen LogP contribution in [0.4, 0.5) is 4.79 Å². The molecule has 1 N–H and O–H groups in total. The molecule has 0 aliphatic rings. The van der Waals surface area contributed by atoms with E-state index in [-0.39, 0.29) is 25.0 Å². The van der Waals surface area contributed by atoms with Gasteiger partial charge < -0.3 is 14.8 Å². The highest BCUT2D eigenvalue weighted by Crippen LogP contribution is 2.12. The Morgan fingerprint density at radius 2 is 1.59 bits per heavy atom. The number of carbonyl (C=O) groups excluding carboxylic acids is 2. The van der Waals surface area contributed by atoms with Crippen LogP contribution < -0.4 is 5.32 Å². The van der Waals surface area contributed by atoms with Crippen molar-refractivity contribution in [3.05, 3.63) is 35.9 Å². The fraction of sp³-hybridized carbons (Fsp3) is 0.636. The second-order valence-corrected chi connectivity index (χ2v) is 6.95. The predicted octanol–water partition coefficient (Wildman–Crippen LogP) is 5.38. The van der Waals surface area contributed by atoms with Gasteiger partial charge in [0.15, 0.2) is 0 Å². The average Bonchev–Trinajstić information content (AvgIpc) is 2.69. The second-order valence-electron chi connectivity index (χ2n) is 6.95. The summed E-state index contributed by atoms with van der Waals surface area (Å²) < 4.78 is 10.00. The first-order valence-corrected chi connectivity index (χ1v) is 10.2. The molecule has 1 atom stereocenters. The minimum Gasteiger partial charge on any atom is -0.469 e. The Balaban J connectivity index is 2.28. The average molecular weight is 378 g/mol. The number of alkyl carbamates (subject to hydrolysis) is 1. The van der Waals surface area contributed by atoms with Crippen LogP contribution in [0.15, 0.2) is 30.3 Å². The largest absolute Gasteiger partial charge is 0.469 e. The van der Waals surface area contributed by atoms with E-state index < -0.39 is 6.09 Å². The van der Waals surface area contributed by atoms with Crippen LogP contribution in [0.3, 0.4) is 0 Å². The van der Waals surface area contributed by atoms with Crippen LogP contribution >= 0.6 is 0 Å². The van der Waals surface area contributed by atoms with Crippen molar-refractivity contribution in [3.8, 4) is 0 Å². The van der Waals surface area contributed by atoms with Gasteiger partial charge in [-0.15, -0.1) is 0 Å². The Morgan fingerprint density at radius 3 is 2.22 bits per heavy atom. The van der Waals surface area contributed by atoms with Crippen molar-refractivity contribution in [2.75, 3.05) is 7.11 Å². The lowest BCUT2D eigenvalue weighted by Gasteiger charge is -2.17. The Morgan fingerprint density at radius 1 is 0.963 bits per heavy atom. The van der Waals surface area contributed by atoms with Crippen LogP contribution in [0.1, 0.15) is 76.7 Å². The first-order chi connectivity index (χ1) is 13.2. The van der Waals surface area contributed by atoms with E-state index >= 15 is 0 Å². The van der Waals surface area contributed by atoms with Gasteiger partial charge in [0, 0.05) is 6.04 Å². The van der Waals surface area contributed by atoms with Crippen LogP contribution in [0.5, 0.6) is 0 Å². The molecule has 1 rings (SSSR count). The molecule has 0 aliphatic heterocycles. The zero-order valence-corrected chi connectivity index (χ0v) is 16.9. The van der Waals surface area contributed by atoms with Crippen LogP contribution in [0.2, 0.25) is 0 Å². The number of esters is 1. The van der Waals surface area contributed by atoms with Gasteiger partial charge in [-0.25, -0.2) is 4.79 Å². The number of amides is 1. The number of ether oxygens (including phenoxy) is 2. The van der Waals surface area contributed by atoms with Crippen molar-refractivity contribution in [1.82, 2.24) is 5.32 Å². The predicted molar refractivity (Wildman–Crippen MR) is 107 cm³/mol. The van der Waals surface area contributed by atoms with Gasteiger partial charge in [-0.1, -0.05) is 88.6 Å². The van der Waals surface area contributed by atoms with Gasteiger partial charge in [-0.3, -0.25) is 4.79 Å². The van der Waals surface area contributed by atoms with Gasteiger partial charge >= 0.3 is 12.1 Å². The van der Waals surface area contributed by atoms with Crippen LogP contribution in [-0.4, -0.2) is 25.2 Å². The molecule has 0 spiro atoms. The van der Waals surface area contributed by atoms with E-state index in [4.69, 9.17) is 9.47 Å². The SMILES string of the molecule is CCCCCCCCCCC(CC(=O)OC)NC(=O)OCc1ccccc1. The third-order valence-electron chi connectivity index (χ3n) is 4.58. The van der Waals surface area contributed by atoms with Gasteiger partial charge in [0.25, 0.3) is 0 Å². The Kier molecular flexibility index (Phi) is 12.8. The molecule has 0 saturated heterocycles. The van der Waals surface area contributed by atoms with Gasteiger partial charge in [0.1, 0.15) is 6.61 Å². The summed E-state index contributed by atoms with van der Waals surface area (Å²) in [6.45, 7) is 2.44. The number of nitrogens with one attached hydrogen (secondary N) is 1. The summed E-state index contributed by atoms with van der Waals surface area (Å²) in [4.78, 5) is 23.7. The Hall–Kier alpha value is -2.04. The minimum absolute atomic E-state index is 0.174. The molecule has 5 nitrogen and oxygen atoms in total. The minimum atomic E-state index is -0.493. The molecule has 0 heterocycles. The number of methoxy groups -OCH3 is 1. The summed E-state index contributed by atoms with van der Waals surface area (Å²) in [5, 5.41) is 2.81. The first-order valence-electron chi connectivity index (χ1n) is 10.2. The smallest absolute Gasteiger partial charge is 0.407 e. The molecule has 0 radical (unpaired) electrons. The van der Waals surface area contributed by atoms with Crippen molar-refractivity contribution in [3.63, 3.8) is 0 Å². The summed E-state index contributed by atoms with van der Waals surface area (Å²) in [6, 6.07) is 9.28. The highest BCUT2D eigenvalue weighted by atomic mass is 16.5. The maximum absolute atomic E-state index is 12.0. The lowest BCUT2D eigenvalue weighted by molar-refractivity contribution is -0.141. The number of hydrogen-bond acceptors (Lipinski definition) is 4. The first kappa shape index (κ1) is 23.0. The fourth-order valence-corrected chi connectivity index (χ4v) is 2.97. The standard InChI is InChI=1S/C22H35NO4/c1-3-4-5-6-7-8-9-13-16-20(17-21(24)26-2)23-22(25)27-18-19-14-11-10-12-15-19/h10-12,14-15,20H,3-9,13,16-18H2,1-2H3,(H,23,25). The number of hydrogen-bond donors (Lipinski definition) is 1. The zero-order valence-electron chi connectivity index (χ0n) is 16.9. The third-order valence-corrected chi connectivity index (χ3v) is 4.58. The summed E-state index contributed by atoms with van der Waals surface area (Å²) in [7, 11) is 1.36. The van der Waals surface area contributed by atoms with Gasteiger partial charge in [0.2, 0.25) is 0 Å². The van der Waals surface area contributed by atoms with E-state index in [9.17, 15) is 9.59 Å². The molecule has 0 aliphatic carbocycles. The van der Waals surface area contributed by atoms with E-state index in [0.29, 0.717) is 0 Å². The van der Waals surface area contributed by atoms with E-state index in [0.717, 1.165) is 24.8 Å². The van der Waals surface area contributed by atoms with Gasteiger partial charge in [-0.05, 0) is 12.0 Å². The highest BCUT2D eigenvalue weighted by Gasteiger charge is 2.17. The van der Waals surface area contributed by atoms with E-state index in [2.05, 4.69) is 12.2 Å². The maximum atomic E-state index is 12.0. The maximum Gasteiger partial charge on any atom is 0.407 e. The molecule has 1 aromatic carbocycles. The van der Waals surface area contributed by atoms with Crippen molar-refractivity contribution in [2.24, 2.45) is 0 Å². The molecule has 27 heavy (non-hydrogen) atoms. The third kappa shape index (κ3) is 12.1. The molecule has 152 valence electrons. The zero-order chi connectivity index (χ0) is 19.7. The number of benzene rings is 1. The van der Waals surface area contributed by atoms with Gasteiger partial charge in [0.05, 0.1) is 13.5 Å². The van der Waals surface area contributed by atoms with Crippen molar-refractivity contribution in [2.45, 2.75) is 83.8 Å². The number of rotatable bonds is 14. The van der Waals surface area contributed by atoms with Crippen molar-refractivity contribution >= 4 is 12.1 Å². The Labute approximate surface area is 163 Å². The van der Waals surface area contributed by atoms with Crippen molar-refractivity contribution in [1.29, 1.82) is 0 Å². The molecule has 1 unspecified atom stereocenters. The van der Waals surface area contributed by atoms with E-state index in [1.807, 2.05) is 30.3 Å². The van der Waals surface area contributed by atoms with Crippen LogP contribution in [0.25, 0.3) is 0 Å². The summed E-state index contributed by atoms with van der Waals surface area (Å²) in [5.74, 6) is -0.317. The highest BCUT2D eigenvalue weighted by molar-refractivity contribution is 5.72. The van der Waals surface area contributed by atoms with Gasteiger partial charge in [-0.2, -0.15) is 0 Å². The molecule has 5 heteroatoms. The molecular formula is C22H35NO4. The molecule has 0 fully saturated rings. The monoisotopic (exact) mass is 377 g/mol. The van der Waals surface area contributed by atoms with Crippen LogP contribution in [-0.2, 0) is 20.9 Å². The summed E-state index contributed by atoms with van der Waals surface area (Å²) in [6.07, 6.45) is 10.2. The molecule has 1 aromatic rings. The molecule has 0 bridgehead atoms. The van der Waals surface area contributed by atoms with E-state index in [1.54, 1.807) is 0 Å². The van der Waals surface area contributed by atoms with Crippen LogP contribution in [0, 0.1) is 0 Å². The fourth-order valence-electron chi connectivity index (χ4n) is 2.97. The van der Waals surface area contributed by atoms with Crippen molar-refractivity contribution < 1.29 is 19.1 Å². The Bertz CT molecular complexity index is 518. The molecular weight excluding hydrogens is 342 g/mol. The molecule has 0 aromatic heterocycles. The number of unbranched alkanes of at least 4 members (excludes halogenated alkanes) is 7. The van der Waals surface area contributed by atoms with E-state index in [1.165, 1.54) is 45.6 Å². The summed E-state index contributed by atoms with van der Waals surface area (Å²) in [5.41, 5.74) is 0.931. The lowest BCUT2D eigenvalue weighted by Crippen LogP contribution is -2.37. The number of carbonyl (C=O) groups is 2. The quantitative estimate of drug-likeness (QED) is 0.349. The molecule has 0 saturated carbocycles. The topological polar surface area (TPSA) is 64.6 Å². The molecule has 1 amide bonds.